The summed E-state index contributed by atoms with van der Waals surface area (Å²) in [5.41, 5.74) is 7.62. The molecule has 6 heteroatoms. The summed E-state index contributed by atoms with van der Waals surface area (Å²) in [5.74, 6) is 0.321. The molecule has 1 aliphatic carbocycles. The zero-order valence-electron chi connectivity index (χ0n) is 11.8. The molecule has 2 atom stereocenters. The molecule has 1 aromatic rings. The van der Waals surface area contributed by atoms with Crippen LogP contribution >= 0.6 is 34.8 Å². The highest BCUT2D eigenvalue weighted by Gasteiger charge is 2.33. The topological polar surface area (TPSA) is 41.6 Å². The summed E-state index contributed by atoms with van der Waals surface area (Å²) in [6, 6.07) is 5.65. The van der Waals surface area contributed by atoms with Gasteiger partial charge in [-0.1, -0.05) is 47.0 Å². The molecule has 0 spiro atoms. The first kappa shape index (κ1) is 15.9. The Kier molecular flexibility index (Phi) is 4.79. The van der Waals surface area contributed by atoms with Crippen molar-refractivity contribution < 1.29 is 0 Å². The fourth-order valence-electron chi connectivity index (χ4n) is 2.85. The van der Waals surface area contributed by atoms with E-state index in [2.05, 4.69) is 11.2 Å². The van der Waals surface area contributed by atoms with Gasteiger partial charge >= 0.3 is 0 Å². The number of hydrogen-bond donors (Lipinski definition) is 1. The molecule has 2 N–H and O–H groups in total. The Morgan fingerprint density at radius 1 is 1.27 bits per heavy atom. The minimum Gasteiger partial charge on any atom is -0.325 e. The van der Waals surface area contributed by atoms with Gasteiger partial charge in [0.25, 0.3) is 0 Å². The summed E-state index contributed by atoms with van der Waals surface area (Å²) in [4.78, 5) is 0. The number of rotatable bonds is 3. The fourth-order valence-corrected chi connectivity index (χ4v) is 3.50. The molecule has 0 amide bonds. The molecule has 1 unspecified atom stereocenters. The maximum absolute atomic E-state index is 6.35. The highest BCUT2D eigenvalue weighted by atomic mass is 35.5. The smallest absolute Gasteiger partial charge is 0.0784 e. The van der Waals surface area contributed by atoms with Gasteiger partial charge in [-0.2, -0.15) is 5.10 Å². The third-order valence-electron chi connectivity index (χ3n) is 3.98. The van der Waals surface area contributed by atoms with E-state index in [1.54, 1.807) is 6.07 Å². The van der Waals surface area contributed by atoms with Crippen molar-refractivity contribution >= 4 is 46.2 Å². The summed E-state index contributed by atoms with van der Waals surface area (Å²) in [7, 11) is 0. The first-order chi connectivity index (χ1) is 10.6. The van der Waals surface area contributed by atoms with Crippen LogP contribution in [0.4, 0.5) is 5.69 Å². The Hall–Kier alpha value is -1.00. The van der Waals surface area contributed by atoms with Gasteiger partial charge in [-0.05, 0) is 30.7 Å². The van der Waals surface area contributed by atoms with Crippen molar-refractivity contribution in [1.29, 1.82) is 0 Å². The zero-order chi connectivity index (χ0) is 15.7. The molecule has 1 aromatic carbocycles. The van der Waals surface area contributed by atoms with Gasteiger partial charge in [0.15, 0.2) is 0 Å². The molecule has 0 bridgehead atoms. The second-order valence-electron chi connectivity index (χ2n) is 5.43. The van der Waals surface area contributed by atoms with Crippen molar-refractivity contribution in [3.05, 3.63) is 51.5 Å². The molecule has 1 aliphatic heterocycles. The maximum atomic E-state index is 6.35. The lowest BCUT2D eigenvalue weighted by atomic mass is 9.89. The van der Waals surface area contributed by atoms with Gasteiger partial charge in [0.2, 0.25) is 0 Å². The number of halogens is 3. The van der Waals surface area contributed by atoms with E-state index >= 15 is 0 Å². The Labute approximate surface area is 145 Å². The Bertz CT molecular complexity index is 667. The Morgan fingerprint density at radius 2 is 2.09 bits per heavy atom. The van der Waals surface area contributed by atoms with Crippen LogP contribution in [0.15, 0.2) is 46.6 Å². The molecule has 0 radical (unpaired) electrons. The first-order valence-electron chi connectivity index (χ1n) is 7.13. The molecular formula is C16H16Cl3N3. The second kappa shape index (κ2) is 6.63. The van der Waals surface area contributed by atoms with Crippen LogP contribution in [0, 0.1) is 5.92 Å². The number of benzene rings is 1. The molecule has 0 fully saturated rings. The van der Waals surface area contributed by atoms with E-state index in [0.29, 0.717) is 22.5 Å². The summed E-state index contributed by atoms with van der Waals surface area (Å²) in [5, 5.41) is 8.61. The molecular weight excluding hydrogens is 341 g/mol. The van der Waals surface area contributed by atoms with E-state index in [4.69, 9.17) is 40.5 Å². The molecule has 0 aromatic heterocycles. The van der Waals surface area contributed by atoms with Gasteiger partial charge < -0.3 is 5.73 Å². The molecule has 22 heavy (non-hydrogen) atoms. The van der Waals surface area contributed by atoms with Gasteiger partial charge in [-0.15, -0.1) is 0 Å². The minimum absolute atomic E-state index is 0.189. The van der Waals surface area contributed by atoms with Gasteiger partial charge in [-0.3, -0.25) is 5.01 Å². The van der Waals surface area contributed by atoms with Crippen LogP contribution in [-0.4, -0.2) is 18.3 Å². The number of hydrazone groups is 1. The van der Waals surface area contributed by atoms with Crippen LogP contribution in [0.25, 0.3) is 0 Å². The van der Waals surface area contributed by atoms with Crippen molar-refractivity contribution in [2.45, 2.75) is 18.9 Å². The van der Waals surface area contributed by atoms with Gasteiger partial charge in [0, 0.05) is 28.9 Å². The highest BCUT2D eigenvalue weighted by Crippen LogP contribution is 2.37. The quantitative estimate of drug-likeness (QED) is 0.861. The zero-order valence-corrected chi connectivity index (χ0v) is 14.1. The largest absolute Gasteiger partial charge is 0.325 e. The Balaban J connectivity index is 1.91. The van der Waals surface area contributed by atoms with Crippen LogP contribution in [0.3, 0.4) is 0 Å². The van der Waals surface area contributed by atoms with Gasteiger partial charge in [0.1, 0.15) is 0 Å². The lowest BCUT2D eigenvalue weighted by Crippen LogP contribution is -2.34. The lowest BCUT2D eigenvalue weighted by Gasteiger charge is -2.30. The van der Waals surface area contributed by atoms with Crippen molar-refractivity contribution in [3.8, 4) is 0 Å². The van der Waals surface area contributed by atoms with E-state index in [0.717, 1.165) is 29.3 Å². The van der Waals surface area contributed by atoms with Crippen LogP contribution in [-0.2, 0) is 0 Å². The number of nitrogens with two attached hydrogens (primary N) is 1. The maximum Gasteiger partial charge on any atom is 0.0784 e. The average Bonchev–Trinajstić information content (AvgIpc) is 2.92. The molecule has 116 valence electrons. The van der Waals surface area contributed by atoms with E-state index in [-0.39, 0.29) is 6.04 Å². The van der Waals surface area contributed by atoms with Crippen LogP contribution in [0.5, 0.6) is 0 Å². The van der Waals surface area contributed by atoms with E-state index in [9.17, 15) is 0 Å². The van der Waals surface area contributed by atoms with E-state index in [1.165, 1.54) is 0 Å². The van der Waals surface area contributed by atoms with Crippen molar-refractivity contribution in [2.75, 3.05) is 11.6 Å². The van der Waals surface area contributed by atoms with Gasteiger partial charge in [0.05, 0.1) is 22.5 Å². The molecule has 0 saturated carbocycles. The number of hydrogen-bond acceptors (Lipinski definition) is 3. The predicted octanol–water partition coefficient (Wildman–Crippen LogP) is 4.59. The Morgan fingerprint density at radius 3 is 2.73 bits per heavy atom. The van der Waals surface area contributed by atoms with Crippen molar-refractivity contribution in [2.24, 2.45) is 16.8 Å². The van der Waals surface area contributed by atoms with Crippen LogP contribution in [0.2, 0.25) is 10.0 Å². The number of anilines is 1. The number of allylic oxidation sites excluding steroid dienone is 3. The fraction of sp³-hybridized carbons (Fsp3) is 0.312. The minimum atomic E-state index is 0.189. The molecule has 3 nitrogen and oxygen atoms in total. The third-order valence-corrected chi connectivity index (χ3v) is 4.80. The first-order valence-corrected chi connectivity index (χ1v) is 8.26. The van der Waals surface area contributed by atoms with Crippen LogP contribution in [0.1, 0.15) is 12.8 Å². The third kappa shape index (κ3) is 3.18. The summed E-state index contributed by atoms with van der Waals surface area (Å²) < 4.78 is 0. The predicted molar refractivity (Wildman–Crippen MR) is 95.0 cm³/mol. The summed E-state index contributed by atoms with van der Waals surface area (Å²) in [6.45, 7) is 0.450. The standard InChI is InChI=1S/C16H16Cl3N3/c17-11-3-1-10(2-4-11)16-8-13(9-20)21-22(16)15-6-5-12(18)7-14(15)19/h1,3-7,10,16H,2,8-9,20H2/t10?,16-/m0/s1. The normalized spacial score (nSPS) is 24.5. The van der Waals surface area contributed by atoms with Crippen molar-refractivity contribution in [1.82, 2.24) is 0 Å². The SMILES string of the molecule is NCC1=NN(c2ccc(Cl)cc2Cl)[C@H](C2C=CC(Cl)=CC2)C1. The average molecular weight is 357 g/mol. The molecule has 1 heterocycles. The highest BCUT2D eigenvalue weighted by molar-refractivity contribution is 6.36. The monoisotopic (exact) mass is 355 g/mol. The molecule has 0 saturated heterocycles. The van der Waals surface area contributed by atoms with Gasteiger partial charge in [-0.25, -0.2) is 0 Å². The van der Waals surface area contributed by atoms with E-state index in [1.807, 2.05) is 29.3 Å². The van der Waals surface area contributed by atoms with Crippen LogP contribution < -0.4 is 10.7 Å². The molecule has 3 rings (SSSR count). The number of nitrogens with zero attached hydrogens (tertiary/aromatic N) is 2. The summed E-state index contributed by atoms with van der Waals surface area (Å²) in [6.07, 6.45) is 7.83. The lowest BCUT2D eigenvalue weighted by molar-refractivity contribution is 0.499. The summed E-state index contributed by atoms with van der Waals surface area (Å²) >= 11 is 18.4. The van der Waals surface area contributed by atoms with E-state index < -0.39 is 0 Å². The second-order valence-corrected chi connectivity index (χ2v) is 6.71. The molecule has 2 aliphatic rings. The van der Waals surface area contributed by atoms with Crippen molar-refractivity contribution in [3.63, 3.8) is 0 Å².